The summed E-state index contributed by atoms with van der Waals surface area (Å²) in [4.78, 5) is 46.8. The molecule has 0 unspecified atom stereocenters. The van der Waals surface area contributed by atoms with E-state index in [9.17, 15) is 18.8 Å². The van der Waals surface area contributed by atoms with Gasteiger partial charge in [0.15, 0.2) is 11.4 Å². The molecule has 3 heterocycles. The minimum atomic E-state index is -0.675. The van der Waals surface area contributed by atoms with E-state index >= 15 is 0 Å². The number of benzene rings is 1. The Bertz CT molecular complexity index is 1620. The molecule has 10 heteroatoms. The molecule has 0 atom stereocenters. The maximum atomic E-state index is 14.5. The van der Waals surface area contributed by atoms with E-state index in [4.69, 9.17) is 4.42 Å². The zero-order valence-electron chi connectivity index (χ0n) is 19.3. The van der Waals surface area contributed by atoms with Crippen LogP contribution in [0, 0.1) is 19.7 Å². The van der Waals surface area contributed by atoms with Gasteiger partial charge in [0.2, 0.25) is 5.91 Å². The molecule has 5 rings (SSSR count). The SMILES string of the molecule is CC(=O)Nc1cncc(-c2c(C)n(C3CC3)c(=O)c3c(Nc4ccccc4F)c(C)c(=O)oc23)n1. The fraction of sp³-hybridized carbons (Fsp3) is 0.240. The van der Waals surface area contributed by atoms with Crippen molar-refractivity contribution in [2.24, 2.45) is 0 Å². The monoisotopic (exact) mass is 475 g/mol. The van der Waals surface area contributed by atoms with Crippen LogP contribution in [-0.2, 0) is 4.79 Å². The maximum absolute atomic E-state index is 14.5. The van der Waals surface area contributed by atoms with E-state index in [0.717, 1.165) is 12.8 Å². The van der Waals surface area contributed by atoms with Gasteiger partial charge in [-0.1, -0.05) is 12.1 Å². The van der Waals surface area contributed by atoms with Crippen LogP contribution >= 0.6 is 0 Å². The smallest absolute Gasteiger partial charge is 0.341 e. The number of rotatable bonds is 5. The van der Waals surface area contributed by atoms with Gasteiger partial charge in [-0.3, -0.25) is 14.6 Å². The lowest BCUT2D eigenvalue weighted by atomic mass is 10.0. The van der Waals surface area contributed by atoms with Crippen LogP contribution in [0.15, 0.2) is 50.7 Å². The number of halogens is 1. The van der Waals surface area contributed by atoms with Gasteiger partial charge in [-0.25, -0.2) is 14.2 Å². The molecule has 1 aliphatic rings. The topological polar surface area (TPSA) is 119 Å². The van der Waals surface area contributed by atoms with E-state index in [1.165, 1.54) is 38.4 Å². The first-order valence-electron chi connectivity index (χ1n) is 11.1. The molecule has 0 radical (unpaired) electrons. The summed E-state index contributed by atoms with van der Waals surface area (Å²) in [5.41, 5.74) is 0.718. The highest BCUT2D eigenvalue weighted by Gasteiger charge is 2.31. The van der Waals surface area contributed by atoms with Crippen LogP contribution < -0.4 is 21.8 Å². The molecule has 2 N–H and O–H groups in total. The summed E-state index contributed by atoms with van der Waals surface area (Å²) in [5, 5.41) is 5.65. The number of para-hydroxylation sites is 1. The van der Waals surface area contributed by atoms with Crippen molar-refractivity contribution in [3.63, 3.8) is 0 Å². The van der Waals surface area contributed by atoms with Gasteiger partial charge < -0.3 is 19.6 Å². The largest absolute Gasteiger partial charge is 0.421 e. The molecule has 4 aromatic rings. The van der Waals surface area contributed by atoms with Crippen molar-refractivity contribution in [1.82, 2.24) is 14.5 Å². The Morgan fingerprint density at radius 1 is 1.17 bits per heavy atom. The summed E-state index contributed by atoms with van der Waals surface area (Å²) in [6.07, 6.45) is 4.52. The van der Waals surface area contributed by atoms with E-state index in [2.05, 4.69) is 20.6 Å². The molecular weight excluding hydrogens is 453 g/mol. The zero-order valence-corrected chi connectivity index (χ0v) is 19.3. The summed E-state index contributed by atoms with van der Waals surface area (Å²) in [6, 6.07) is 5.99. The van der Waals surface area contributed by atoms with E-state index in [-0.39, 0.29) is 51.2 Å². The summed E-state index contributed by atoms with van der Waals surface area (Å²) >= 11 is 0. The van der Waals surface area contributed by atoms with Crippen molar-refractivity contribution < 1.29 is 13.6 Å². The summed E-state index contributed by atoms with van der Waals surface area (Å²) < 4.78 is 21.8. The molecule has 1 saturated carbocycles. The van der Waals surface area contributed by atoms with Gasteiger partial charge in [0.1, 0.15) is 11.2 Å². The number of nitrogens with zero attached hydrogens (tertiary/aromatic N) is 3. The average molecular weight is 475 g/mol. The van der Waals surface area contributed by atoms with Crippen molar-refractivity contribution in [1.29, 1.82) is 0 Å². The summed E-state index contributed by atoms with van der Waals surface area (Å²) in [6.45, 7) is 4.63. The van der Waals surface area contributed by atoms with Crippen LogP contribution in [0.4, 0.5) is 21.6 Å². The Morgan fingerprint density at radius 2 is 1.91 bits per heavy atom. The number of amides is 1. The molecule has 0 spiro atoms. The number of anilines is 3. The van der Waals surface area contributed by atoms with Gasteiger partial charge in [-0.15, -0.1) is 0 Å². The average Bonchev–Trinajstić information content (AvgIpc) is 3.63. The minimum absolute atomic E-state index is 0.00863. The normalized spacial score (nSPS) is 13.1. The first-order chi connectivity index (χ1) is 16.8. The third-order valence-electron chi connectivity index (χ3n) is 5.98. The van der Waals surface area contributed by atoms with Crippen molar-refractivity contribution in [2.75, 3.05) is 10.6 Å². The standard InChI is InChI=1S/C25H22FN5O4/c1-12-22(30-17-7-5-4-6-16(17)26)21-23(35-25(12)34)20(13(2)31(24(21)33)15-8-9-15)18-10-27-11-19(29-18)28-14(3)32/h4-7,10-11,15,30H,8-9H2,1-3H3,(H,28,29,32). The van der Waals surface area contributed by atoms with E-state index < -0.39 is 11.4 Å². The quantitative estimate of drug-likeness (QED) is 0.444. The van der Waals surface area contributed by atoms with E-state index in [0.29, 0.717) is 17.0 Å². The second-order valence-corrected chi connectivity index (χ2v) is 8.54. The molecule has 1 amide bonds. The van der Waals surface area contributed by atoms with Crippen LogP contribution in [0.5, 0.6) is 0 Å². The number of fused-ring (bicyclic) bond motifs is 1. The highest BCUT2D eigenvalue weighted by Crippen LogP contribution is 2.40. The number of aromatic nitrogens is 3. The summed E-state index contributed by atoms with van der Waals surface area (Å²) in [7, 11) is 0. The molecule has 1 aromatic carbocycles. The molecule has 0 bridgehead atoms. The Kier molecular flexibility index (Phi) is 5.43. The van der Waals surface area contributed by atoms with E-state index in [1.54, 1.807) is 23.6 Å². The number of hydrogen-bond acceptors (Lipinski definition) is 7. The highest BCUT2D eigenvalue weighted by molar-refractivity contribution is 6.00. The van der Waals surface area contributed by atoms with Crippen molar-refractivity contribution in [2.45, 2.75) is 39.7 Å². The fourth-order valence-electron chi connectivity index (χ4n) is 4.22. The van der Waals surface area contributed by atoms with Gasteiger partial charge in [-0.05, 0) is 38.8 Å². The predicted molar refractivity (Wildman–Crippen MR) is 130 cm³/mol. The molecule has 35 heavy (non-hydrogen) atoms. The lowest BCUT2D eigenvalue weighted by Gasteiger charge is -2.19. The van der Waals surface area contributed by atoms with Gasteiger partial charge in [0.25, 0.3) is 5.56 Å². The van der Waals surface area contributed by atoms with Crippen LogP contribution in [0.3, 0.4) is 0 Å². The molecule has 1 aliphatic carbocycles. The zero-order chi connectivity index (χ0) is 24.9. The number of hydrogen-bond donors (Lipinski definition) is 2. The molecule has 3 aromatic heterocycles. The van der Waals surface area contributed by atoms with Gasteiger partial charge in [0, 0.05) is 18.7 Å². The number of pyridine rings is 1. The third kappa shape index (κ3) is 3.96. The third-order valence-corrected chi connectivity index (χ3v) is 5.98. The first-order valence-corrected chi connectivity index (χ1v) is 11.1. The summed E-state index contributed by atoms with van der Waals surface area (Å²) in [5.74, 6) is -0.637. The van der Waals surface area contributed by atoms with Gasteiger partial charge in [-0.2, -0.15) is 0 Å². The molecule has 9 nitrogen and oxygen atoms in total. The number of carbonyl (C=O) groups is 1. The Morgan fingerprint density at radius 3 is 2.60 bits per heavy atom. The predicted octanol–water partition coefficient (Wildman–Crippen LogP) is 4.20. The van der Waals surface area contributed by atoms with E-state index in [1.807, 2.05) is 0 Å². The highest BCUT2D eigenvalue weighted by atomic mass is 19.1. The second-order valence-electron chi connectivity index (χ2n) is 8.54. The Balaban J connectivity index is 1.86. The number of carbonyl (C=O) groups excluding carboxylic acids is 1. The lowest BCUT2D eigenvalue weighted by molar-refractivity contribution is -0.114. The van der Waals surface area contributed by atoms with Crippen molar-refractivity contribution >= 4 is 34.1 Å². The number of nitrogens with one attached hydrogen (secondary N) is 2. The first kappa shape index (κ1) is 22.5. The van der Waals surface area contributed by atoms with Gasteiger partial charge in [0.05, 0.1) is 40.6 Å². The van der Waals surface area contributed by atoms with Crippen LogP contribution in [-0.4, -0.2) is 20.4 Å². The van der Waals surface area contributed by atoms with Crippen molar-refractivity contribution in [3.05, 3.63) is 74.5 Å². The maximum Gasteiger partial charge on any atom is 0.341 e. The molecular formula is C25H22FN5O4. The lowest BCUT2D eigenvalue weighted by Crippen LogP contribution is -2.25. The van der Waals surface area contributed by atoms with Crippen LogP contribution in [0.25, 0.3) is 22.2 Å². The van der Waals surface area contributed by atoms with Gasteiger partial charge >= 0.3 is 5.63 Å². The fourth-order valence-corrected chi connectivity index (χ4v) is 4.22. The minimum Gasteiger partial charge on any atom is -0.421 e. The molecule has 0 saturated heterocycles. The van der Waals surface area contributed by atoms with Crippen LogP contribution in [0.1, 0.15) is 37.1 Å². The molecule has 178 valence electrons. The molecule has 1 fully saturated rings. The van der Waals surface area contributed by atoms with Crippen LogP contribution in [0.2, 0.25) is 0 Å². The second kappa shape index (κ2) is 8.46. The molecule has 0 aliphatic heterocycles. The Hall–Kier alpha value is -4.34. The van der Waals surface area contributed by atoms with Crippen molar-refractivity contribution in [3.8, 4) is 11.3 Å². The Labute approximate surface area is 198 Å².